The number of anilines is 1. The van der Waals surface area contributed by atoms with Gasteiger partial charge in [-0.2, -0.15) is 0 Å². The molecule has 0 saturated carbocycles. The Morgan fingerprint density at radius 1 is 0.886 bits per heavy atom. The zero-order valence-electron chi connectivity index (χ0n) is 24.0. The van der Waals surface area contributed by atoms with Gasteiger partial charge in [0.15, 0.2) is 17.3 Å². The lowest BCUT2D eigenvalue weighted by Crippen LogP contribution is -2.31. The van der Waals surface area contributed by atoms with Crippen LogP contribution in [-0.4, -0.2) is 66.5 Å². The smallest absolute Gasteiger partial charge is 0.298 e. The van der Waals surface area contributed by atoms with E-state index in [-0.39, 0.29) is 11.5 Å². The Balaban J connectivity index is 0.000000143. The van der Waals surface area contributed by atoms with Crippen LogP contribution in [0.15, 0.2) is 50.1 Å². The first-order valence-electron chi connectivity index (χ1n) is 14.4. The fourth-order valence-corrected chi connectivity index (χ4v) is 6.26. The number of benzene rings is 2. The summed E-state index contributed by atoms with van der Waals surface area (Å²) in [5.41, 5.74) is 6.70. The van der Waals surface area contributed by atoms with Crippen LogP contribution in [0.5, 0.6) is 5.75 Å². The summed E-state index contributed by atoms with van der Waals surface area (Å²) in [5.74, 6) is 0.335. The van der Waals surface area contributed by atoms with Crippen molar-refractivity contribution in [2.75, 3.05) is 38.7 Å². The second-order valence-electron chi connectivity index (χ2n) is 10.6. The number of carbonyl (C=O) groups excluding carboxylic acids is 2. The first-order chi connectivity index (χ1) is 21.2. The van der Waals surface area contributed by atoms with Gasteiger partial charge in [0.2, 0.25) is 5.91 Å². The van der Waals surface area contributed by atoms with Gasteiger partial charge in [0.05, 0.1) is 43.0 Å². The maximum atomic E-state index is 12.7. The van der Waals surface area contributed by atoms with E-state index in [0.29, 0.717) is 88.5 Å². The fourth-order valence-electron chi connectivity index (χ4n) is 5.53. The molecule has 4 aliphatic rings. The Bertz CT molecular complexity index is 1550. The summed E-state index contributed by atoms with van der Waals surface area (Å²) in [6, 6.07) is 10.6. The van der Waals surface area contributed by atoms with Crippen molar-refractivity contribution in [3.63, 3.8) is 0 Å². The molecule has 2 spiro atoms. The van der Waals surface area contributed by atoms with E-state index >= 15 is 0 Å². The molecule has 3 fully saturated rings. The number of amides is 1. The van der Waals surface area contributed by atoms with Crippen LogP contribution in [0.1, 0.15) is 37.9 Å². The molecule has 3 saturated heterocycles. The third-order valence-electron chi connectivity index (χ3n) is 7.78. The molecule has 7 rings (SSSR count). The molecular weight excluding hydrogens is 704 g/mol. The SMILES string of the molecule is Nc1cc(Br)ccc1OC=O.O=C1CCC2(CCN1)OCCO2.O=c1c2ccc(Br)cc2nc2n1CCC1(CC2)OCCO1. The van der Waals surface area contributed by atoms with Crippen molar-refractivity contribution >= 4 is 60.8 Å². The standard InChI is InChI=1S/C15H15BrN2O3.C8H13NO3.C7H6BrNO2/c16-10-1-2-11-12(9-10)17-13-3-4-15(20-7-8-21-15)5-6-18(13)14(11)19;10-7-1-2-8(3-4-9-7)11-5-6-12-8;8-5-1-2-7(11-4-10)6(9)3-5/h1-2,9H,3-8H2;1-6H2,(H,9,10);1-4H,9H2. The Labute approximate surface area is 270 Å². The molecule has 12 nitrogen and oxygen atoms in total. The van der Waals surface area contributed by atoms with Gasteiger partial charge in [-0.15, -0.1) is 0 Å². The highest BCUT2D eigenvalue weighted by atomic mass is 79.9. The maximum Gasteiger partial charge on any atom is 0.298 e. The Morgan fingerprint density at radius 2 is 1.52 bits per heavy atom. The van der Waals surface area contributed by atoms with E-state index in [9.17, 15) is 14.4 Å². The summed E-state index contributed by atoms with van der Waals surface area (Å²) < 4.78 is 30.7. The quantitative estimate of drug-likeness (QED) is 0.293. The van der Waals surface area contributed by atoms with Crippen LogP contribution in [-0.2, 0) is 41.5 Å². The number of aryl methyl sites for hydroxylation is 1. The number of rotatable bonds is 2. The van der Waals surface area contributed by atoms with Crippen LogP contribution >= 0.6 is 31.9 Å². The van der Waals surface area contributed by atoms with Crippen LogP contribution in [0.3, 0.4) is 0 Å². The minimum Gasteiger partial charge on any atom is -0.427 e. The molecule has 0 unspecified atom stereocenters. The lowest BCUT2D eigenvalue weighted by molar-refractivity contribution is -0.165. The van der Waals surface area contributed by atoms with Gasteiger partial charge in [-0.25, -0.2) is 4.98 Å². The van der Waals surface area contributed by atoms with Crippen molar-refractivity contribution in [2.45, 2.75) is 56.6 Å². The summed E-state index contributed by atoms with van der Waals surface area (Å²) in [6.07, 6.45) is 4.12. The van der Waals surface area contributed by atoms with E-state index in [2.05, 4.69) is 46.9 Å². The van der Waals surface area contributed by atoms with Crippen LogP contribution in [0.25, 0.3) is 10.9 Å². The van der Waals surface area contributed by atoms with Crippen molar-refractivity contribution in [2.24, 2.45) is 0 Å². The molecule has 1 aromatic heterocycles. The molecule has 14 heteroatoms. The van der Waals surface area contributed by atoms with Gasteiger partial charge >= 0.3 is 0 Å². The van der Waals surface area contributed by atoms with E-state index in [1.807, 2.05) is 18.2 Å². The minimum atomic E-state index is -0.521. The fraction of sp³-hybridized carbons (Fsp3) is 0.467. The summed E-state index contributed by atoms with van der Waals surface area (Å²) >= 11 is 6.65. The van der Waals surface area contributed by atoms with Crippen molar-refractivity contribution in [3.05, 3.63) is 61.5 Å². The number of nitrogens with zero attached hydrogens (tertiary/aromatic N) is 2. The molecule has 3 N–H and O–H groups in total. The molecule has 0 atom stereocenters. The number of nitrogen functional groups attached to an aromatic ring is 1. The molecule has 1 amide bonds. The Kier molecular flexibility index (Phi) is 10.7. The number of hydrogen-bond donors (Lipinski definition) is 2. The van der Waals surface area contributed by atoms with Gasteiger partial charge < -0.3 is 34.7 Å². The van der Waals surface area contributed by atoms with Gasteiger partial charge in [-0.1, -0.05) is 31.9 Å². The maximum absolute atomic E-state index is 12.7. The van der Waals surface area contributed by atoms with Crippen LogP contribution < -0.4 is 21.3 Å². The number of aromatic nitrogens is 2. The largest absolute Gasteiger partial charge is 0.427 e. The summed E-state index contributed by atoms with van der Waals surface area (Å²) in [7, 11) is 0. The van der Waals surface area contributed by atoms with E-state index in [1.54, 1.807) is 22.8 Å². The molecule has 236 valence electrons. The molecule has 2 aromatic carbocycles. The molecule has 0 aliphatic carbocycles. The van der Waals surface area contributed by atoms with E-state index < -0.39 is 11.6 Å². The van der Waals surface area contributed by atoms with Crippen LogP contribution in [0.4, 0.5) is 5.69 Å². The Morgan fingerprint density at radius 3 is 2.20 bits per heavy atom. The lowest BCUT2D eigenvalue weighted by Gasteiger charge is -2.24. The first kappa shape index (κ1) is 32.5. The topological polar surface area (TPSA) is 153 Å². The summed E-state index contributed by atoms with van der Waals surface area (Å²) in [4.78, 5) is 38.3. The molecule has 3 aromatic rings. The predicted octanol–water partition coefficient (Wildman–Crippen LogP) is 3.83. The molecule has 0 radical (unpaired) electrons. The van der Waals surface area contributed by atoms with Gasteiger partial charge in [-0.3, -0.25) is 19.0 Å². The zero-order valence-corrected chi connectivity index (χ0v) is 27.2. The Hall–Kier alpha value is -2.88. The average molecular weight is 738 g/mol. The lowest BCUT2D eigenvalue weighted by atomic mass is 10.1. The number of nitrogens with two attached hydrogens (primary N) is 1. The highest BCUT2D eigenvalue weighted by Crippen LogP contribution is 2.32. The predicted molar refractivity (Wildman–Crippen MR) is 168 cm³/mol. The normalized spacial score (nSPS) is 19.9. The average Bonchev–Trinajstić information content (AvgIpc) is 3.58. The van der Waals surface area contributed by atoms with Gasteiger partial charge in [0.25, 0.3) is 12.0 Å². The van der Waals surface area contributed by atoms with E-state index in [4.69, 9.17) is 24.7 Å². The third-order valence-corrected chi connectivity index (χ3v) is 8.76. The summed E-state index contributed by atoms with van der Waals surface area (Å²) in [6.45, 7) is 4.19. The number of halogens is 2. The van der Waals surface area contributed by atoms with Crippen molar-refractivity contribution < 1.29 is 33.3 Å². The number of hydrogen-bond acceptors (Lipinski definition) is 10. The van der Waals surface area contributed by atoms with Gasteiger partial charge in [-0.05, 0) is 36.4 Å². The monoisotopic (exact) mass is 736 g/mol. The van der Waals surface area contributed by atoms with Crippen molar-refractivity contribution in [3.8, 4) is 5.75 Å². The van der Waals surface area contributed by atoms with Crippen LogP contribution in [0, 0.1) is 0 Å². The van der Waals surface area contributed by atoms with Gasteiger partial charge in [0, 0.05) is 60.6 Å². The highest BCUT2D eigenvalue weighted by molar-refractivity contribution is 9.10. The second-order valence-corrected chi connectivity index (χ2v) is 12.4. The summed E-state index contributed by atoms with van der Waals surface area (Å²) in [5, 5.41) is 3.46. The van der Waals surface area contributed by atoms with Crippen molar-refractivity contribution in [1.29, 1.82) is 0 Å². The molecule has 5 heterocycles. The number of nitrogens with one attached hydrogen (secondary N) is 1. The van der Waals surface area contributed by atoms with Gasteiger partial charge in [0.1, 0.15) is 5.82 Å². The van der Waals surface area contributed by atoms with Crippen LogP contribution in [0.2, 0.25) is 0 Å². The first-order valence-corrected chi connectivity index (χ1v) is 16.0. The van der Waals surface area contributed by atoms with E-state index in [1.165, 1.54) is 0 Å². The number of ether oxygens (including phenoxy) is 5. The molecular formula is C30H34Br2N4O8. The molecule has 44 heavy (non-hydrogen) atoms. The minimum absolute atomic E-state index is 0.0255. The highest BCUT2D eigenvalue weighted by Gasteiger charge is 2.39. The van der Waals surface area contributed by atoms with E-state index in [0.717, 1.165) is 33.1 Å². The molecule has 4 aliphatic heterocycles. The zero-order chi connectivity index (χ0) is 31.2. The third kappa shape index (κ3) is 7.85. The van der Waals surface area contributed by atoms with Crippen molar-refractivity contribution in [1.82, 2.24) is 14.9 Å². The number of carbonyl (C=O) groups is 2. The second kappa shape index (κ2) is 14.5. The molecule has 0 bridgehead atoms. The number of fused-ring (bicyclic) bond motifs is 2.